The molecule has 0 bridgehead atoms. The molecule has 0 saturated carbocycles. The van der Waals surface area contributed by atoms with Crippen molar-refractivity contribution < 1.29 is 9.53 Å². The van der Waals surface area contributed by atoms with Gasteiger partial charge in [0, 0.05) is 17.9 Å². The number of benzene rings is 3. The first kappa shape index (κ1) is 18.5. The van der Waals surface area contributed by atoms with Crippen LogP contribution >= 0.6 is 0 Å². The first-order valence-corrected chi connectivity index (χ1v) is 9.03. The minimum atomic E-state index is -0.0126. The van der Waals surface area contributed by atoms with Crippen molar-refractivity contribution in [2.45, 2.75) is 12.8 Å². The maximum Gasteiger partial charge on any atom is 0.228 e. The van der Waals surface area contributed by atoms with Crippen molar-refractivity contribution in [2.75, 3.05) is 24.3 Å². The molecule has 0 fully saturated rings. The Bertz CT molecular complexity index is 844. The van der Waals surface area contributed by atoms with Gasteiger partial charge in [0.25, 0.3) is 0 Å². The third-order valence-corrected chi connectivity index (χ3v) is 4.28. The van der Waals surface area contributed by atoms with Gasteiger partial charge in [-0.25, -0.2) is 0 Å². The number of amides is 1. The van der Waals surface area contributed by atoms with Gasteiger partial charge in [0.1, 0.15) is 5.75 Å². The molecule has 4 heteroatoms. The third kappa shape index (κ3) is 5.89. The lowest BCUT2D eigenvalue weighted by atomic mass is 10.1. The van der Waals surface area contributed by atoms with E-state index in [0.29, 0.717) is 6.42 Å². The lowest BCUT2D eigenvalue weighted by molar-refractivity contribution is -0.115. The fourth-order valence-corrected chi connectivity index (χ4v) is 2.80. The van der Waals surface area contributed by atoms with Crippen molar-refractivity contribution >= 4 is 17.3 Å². The van der Waals surface area contributed by atoms with Crippen molar-refractivity contribution in [3.05, 3.63) is 90.0 Å². The summed E-state index contributed by atoms with van der Waals surface area (Å²) >= 11 is 0. The highest BCUT2D eigenvalue weighted by Gasteiger charge is 2.04. The lowest BCUT2D eigenvalue weighted by Gasteiger charge is -2.09. The number of nitrogens with one attached hydrogen (secondary N) is 2. The predicted molar refractivity (Wildman–Crippen MR) is 110 cm³/mol. The van der Waals surface area contributed by atoms with Gasteiger partial charge < -0.3 is 15.4 Å². The van der Waals surface area contributed by atoms with E-state index in [1.165, 1.54) is 5.56 Å². The van der Waals surface area contributed by atoms with Gasteiger partial charge in [0.2, 0.25) is 5.91 Å². The number of ether oxygens (including phenoxy) is 1. The molecule has 138 valence electrons. The molecule has 3 aromatic rings. The van der Waals surface area contributed by atoms with Gasteiger partial charge in [0.05, 0.1) is 13.5 Å². The van der Waals surface area contributed by atoms with E-state index in [2.05, 4.69) is 22.8 Å². The average molecular weight is 360 g/mol. The maximum absolute atomic E-state index is 12.1. The Hall–Kier alpha value is -3.27. The molecule has 27 heavy (non-hydrogen) atoms. The van der Waals surface area contributed by atoms with E-state index in [-0.39, 0.29) is 5.91 Å². The van der Waals surface area contributed by atoms with Crippen LogP contribution in [-0.2, 0) is 17.6 Å². The quantitative estimate of drug-likeness (QED) is 0.620. The minimum absolute atomic E-state index is 0.0126. The number of hydrogen-bond acceptors (Lipinski definition) is 3. The van der Waals surface area contributed by atoms with Gasteiger partial charge in [-0.1, -0.05) is 42.5 Å². The predicted octanol–water partition coefficient (Wildman–Crippen LogP) is 4.53. The number of carbonyl (C=O) groups excluding carboxylic acids is 1. The fourth-order valence-electron chi connectivity index (χ4n) is 2.80. The number of carbonyl (C=O) groups is 1. The third-order valence-electron chi connectivity index (χ3n) is 4.28. The molecule has 0 unspecified atom stereocenters. The van der Waals surface area contributed by atoms with E-state index < -0.39 is 0 Å². The molecule has 0 spiro atoms. The van der Waals surface area contributed by atoms with Crippen LogP contribution in [0.2, 0.25) is 0 Å². The SMILES string of the molecule is COc1ccc(CCNc2ccc(NC(=O)Cc3ccccc3)cc2)cc1. The second-order valence-electron chi connectivity index (χ2n) is 6.31. The summed E-state index contributed by atoms with van der Waals surface area (Å²) in [5, 5.41) is 6.33. The van der Waals surface area contributed by atoms with Crippen LogP contribution in [-0.4, -0.2) is 19.6 Å². The summed E-state index contributed by atoms with van der Waals surface area (Å²) in [5.41, 5.74) is 4.10. The van der Waals surface area contributed by atoms with Crippen LogP contribution in [0.25, 0.3) is 0 Å². The zero-order valence-electron chi connectivity index (χ0n) is 15.4. The van der Waals surface area contributed by atoms with E-state index in [1.54, 1.807) is 7.11 Å². The van der Waals surface area contributed by atoms with E-state index in [0.717, 1.165) is 35.7 Å². The topological polar surface area (TPSA) is 50.4 Å². The Morgan fingerprint density at radius 1 is 0.815 bits per heavy atom. The molecule has 4 nitrogen and oxygen atoms in total. The normalized spacial score (nSPS) is 10.3. The van der Waals surface area contributed by atoms with E-state index in [4.69, 9.17) is 4.74 Å². The maximum atomic E-state index is 12.1. The molecule has 0 aliphatic carbocycles. The Labute approximate surface area is 160 Å². The second-order valence-corrected chi connectivity index (χ2v) is 6.31. The standard InChI is InChI=1S/C23H24N2O2/c1-27-22-13-7-18(8-14-22)15-16-24-20-9-11-21(12-10-20)25-23(26)17-19-5-3-2-4-6-19/h2-14,24H,15-17H2,1H3,(H,25,26). The Balaban J connectivity index is 1.44. The molecule has 1 amide bonds. The van der Waals surface area contributed by atoms with Crippen LogP contribution in [0.1, 0.15) is 11.1 Å². The zero-order valence-corrected chi connectivity index (χ0v) is 15.4. The van der Waals surface area contributed by atoms with Gasteiger partial charge in [-0.2, -0.15) is 0 Å². The largest absolute Gasteiger partial charge is 0.497 e. The molecule has 0 saturated heterocycles. The van der Waals surface area contributed by atoms with Crippen molar-refractivity contribution in [3.63, 3.8) is 0 Å². The zero-order chi connectivity index (χ0) is 18.9. The van der Waals surface area contributed by atoms with Crippen LogP contribution in [0.3, 0.4) is 0 Å². The number of anilines is 2. The Kier molecular flexibility index (Phi) is 6.47. The summed E-state index contributed by atoms with van der Waals surface area (Å²) in [6.45, 7) is 0.839. The molecular formula is C23H24N2O2. The smallest absolute Gasteiger partial charge is 0.228 e. The highest BCUT2D eigenvalue weighted by Crippen LogP contribution is 2.15. The molecule has 2 N–H and O–H groups in total. The fraction of sp³-hybridized carbons (Fsp3) is 0.174. The summed E-state index contributed by atoms with van der Waals surface area (Å²) < 4.78 is 5.17. The molecule has 0 aromatic heterocycles. The first-order chi connectivity index (χ1) is 13.2. The molecule has 3 rings (SSSR count). The van der Waals surface area contributed by atoms with Crippen LogP contribution in [0.15, 0.2) is 78.9 Å². The molecule has 0 aliphatic heterocycles. The van der Waals surface area contributed by atoms with Crippen molar-refractivity contribution in [3.8, 4) is 5.75 Å². The number of rotatable bonds is 8. The van der Waals surface area contributed by atoms with Crippen LogP contribution in [0.4, 0.5) is 11.4 Å². The Morgan fingerprint density at radius 2 is 1.48 bits per heavy atom. The van der Waals surface area contributed by atoms with E-state index in [1.807, 2.05) is 66.7 Å². The van der Waals surface area contributed by atoms with E-state index in [9.17, 15) is 4.79 Å². The van der Waals surface area contributed by atoms with E-state index >= 15 is 0 Å². The van der Waals surface area contributed by atoms with Crippen molar-refractivity contribution in [1.82, 2.24) is 0 Å². The van der Waals surface area contributed by atoms with Gasteiger partial charge in [-0.05, 0) is 53.9 Å². The minimum Gasteiger partial charge on any atom is -0.497 e. The molecule has 0 heterocycles. The molecule has 0 radical (unpaired) electrons. The average Bonchev–Trinajstić information content (AvgIpc) is 2.70. The summed E-state index contributed by atoms with van der Waals surface area (Å²) in [4.78, 5) is 12.1. The summed E-state index contributed by atoms with van der Waals surface area (Å²) in [6.07, 6.45) is 1.31. The van der Waals surface area contributed by atoms with Crippen LogP contribution in [0.5, 0.6) is 5.75 Å². The van der Waals surface area contributed by atoms with Crippen LogP contribution in [0, 0.1) is 0 Å². The highest BCUT2D eigenvalue weighted by atomic mass is 16.5. The number of methoxy groups -OCH3 is 1. The molecule has 3 aromatic carbocycles. The monoisotopic (exact) mass is 360 g/mol. The molecular weight excluding hydrogens is 336 g/mol. The second kappa shape index (κ2) is 9.43. The van der Waals surface area contributed by atoms with Crippen LogP contribution < -0.4 is 15.4 Å². The van der Waals surface area contributed by atoms with Gasteiger partial charge in [-0.3, -0.25) is 4.79 Å². The highest BCUT2D eigenvalue weighted by molar-refractivity contribution is 5.92. The number of hydrogen-bond donors (Lipinski definition) is 2. The summed E-state index contributed by atoms with van der Waals surface area (Å²) in [5.74, 6) is 0.859. The summed E-state index contributed by atoms with van der Waals surface area (Å²) in [7, 11) is 1.67. The van der Waals surface area contributed by atoms with Crippen molar-refractivity contribution in [1.29, 1.82) is 0 Å². The van der Waals surface area contributed by atoms with Gasteiger partial charge >= 0.3 is 0 Å². The van der Waals surface area contributed by atoms with Gasteiger partial charge in [0.15, 0.2) is 0 Å². The van der Waals surface area contributed by atoms with Gasteiger partial charge in [-0.15, -0.1) is 0 Å². The lowest BCUT2D eigenvalue weighted by Crippen LogP contribution is -2.14. The van der Waals surface area contributed by atoms with Crippen molar-refractivity contribution in [2.24, 2.45) is 0 Å². The first-order valence-electron chi connectivity index (χ1n) is 9.03. The Morgan fingerprint density at radius 3 is 2.15 bits per heavy atom. The molecule has 0 atom stereocenters. The summed E-state index contributed by atoms with van der Waals surface area (Å²) in [6, 6.07) is 25.6. The molecule has 0 aliphatic rings.